The van der Waals surface area contributed by atoms with Crippen LogP contribution < -0.4 is 10.0 Å². The smallest absolute Gasteiger partial charge is 0.238 e. The van der Waals surface area contributed by atoms with Crippen molar-refractivity contribution in [3.8, 4) is 0 Å². The summed E-state index contributed by atoms with van der Waals surface area (Å²) < 4.78 is 24.5. The van der Waals surface area contributed by atoms with E-state index in [4.69, 9.17) is 0 Å². The van der Waals surface area contributed by atoms with Gasteiger partial charge in [-0.2, -0.15) is 0 Å². The fourth-order valence-electron chi connectivity index (χ4n) is 0.816. The monoisotopic (exact) mass is 222 g/mol. The predicted molar refractivity (Wildman–Crippen MR) is 55.3 cm³/mol. The van der Waals surface area contributed by atoms with Crippen molar-refractivity contribution < 1.29 is 13.2 Å². The van der Waals surface area contributed by atoms with E-state index >= 15 is 0 Å². The molecule has 0 aliphatic heterocycles. The van der Waals surface area contributed by atoms with E-state index in [0.29, 0.717) is 0 Å². The highest BCUT2D eigenvalue weighted by Gasteiger charge is 2.18. The van der Waals surface area contributed by atoms with Crippen molar-refractivity contribution in [2.75, 3.05) is 5.75 Å². The summed E-state index contributed by atoms with van der Waals surface area (Å²) in [5, 5.41) is 2.62. The van der Waals surface area contributed by atoms with Crippen molar-refractivity contribution >= 4 is 15.9 Å². The van der Waals surface area contributed by atoms with Crippen LogP contribution in [0.1, 0.15) is 27.7 Å². The molecule has 0 heterocycles. The molecule has 0 saturated carbocycles. The van der Waals surface area contributed by atoms with E-state index in [0.717, 1.165) is 0 Å². The van der Waals surface area contributed by atoms with Crippen molar-refractivity contribution in [1.82, 2.24) is 10.0 Å². The summed E-state index contributed by atoms with van der Waals surface area (Å²) in [6, 6.07) is -0.710. The van der Waals surface area contributed by atoms with Gasteiger partial charge >= 0.3 is 0 Å². The first-order valence-electron chi connectivity index (χ1n) is 4.59. The quantitative estimate of drug-likeness (QED) is 0.678. The second-order valence-corrected chi connectivity index (χ2v) is 5.45. The van der Waals surface area contributed by atoms with Gasteiger partial charge in [-0.15, -0.1) is 0 Å². The first-order chi connectivity index (χ1) is 6.28. The van der Waals surface area contributed by atoms with Crippen LogP contribution in [0.3, 0.4) is 0 Å². The number of carbonyl (C=O) groups is 1. The molecule has 14 heavy (non-hydrogen) atoms. The molecule has 84 valence electrons. The molecular formula is C8H18N2O3S. The molecule has 1 atom stereocenters. The lowest BCUT2D eigenvalue weighted by Gasteiger charge is -2.15. The Labute approximate surface area is 85.3 Å². The molecule has 0 aliphatic rings. The van der Waals surface area contributed by atoms with Crippen molar-refractivity contribution in [3.05, 3.63) is 0 Å². The van der Waals surface area contributed by atoms with Gasteiger partial charge < -0.3 is 5.32 Å². The molecule has 2 N–H and O–H groups in total. The molecule has 0 radical (unpaired) electrons. The van der Waals surface area contributed by atoms with Crippen LogP contribution in [0.4, 0.5) is 0 Å². The molecule has 0 aromatic carbocycles. The summed E-state index contributed by atoms with van der Waals surface area (Å²) in [5.74, 6) is -0.330. The summed E-state index contributed by atoms with van der Waals surface area (Å²) in [6.45, 7) is 6.68. The summed E-state index contributed by atoms with van der Waals surface area (Å²) in [4.78, 5) is 11.3. The molecule has 0 aromatic heterocycles. The Morgan fingerprint density at radius 1 is 1.29 bits per heavy atom. The van der Waals surface area contributed by atoms with E-state index in [-0.39, 0.29) is 17.7 Å². The van der Waals surface area contributed by atoms with Gasteiger partial charge in [0.1, 0.15) is 0 Å². The minimum absolute atomic E-state index is 0.0103. The van der Waals surface area contributed by atoms with E-state index in [2.05, 4.69) is 10.0 Å². The lowest BCUT2D eigenvalue weighted by Crippen LogP contribution is -2.47. The van der Waals surface area contributed by atoms with Crippen molar-refractivity contribution in [1.29, 1.82) is 0 Å². The zero-order valence-electron chi connectivity index (χ0n) is 8.99. The highest BCUT2D eigenvalue weighted by molar-refractivity contribution is 7.89. The fraction of sp³-hybridized carbons (Fsp3) is 0.875. The maximum absolute atomic E-state index is 11.3. The lowest BCUT2D eigenvalue weighted by atomic mass is 10.3. The zero-order chi connectivity index (χ0) is 11.4. The lowest BCUT2D eigenvalue weighted by molar-refractivity contribution is -0.122. The van der Waals surface area contributed by atoms with Gasteiger partial charge in [-0.3, -0.25) is 4.79 Å². The largest absolute Gasteiger partial charge is 0.353 e. The number of sulfonamides is 1. The Bertz CT molecular complexity index is 285. The normalized spacial score (nSPS) is 14.1. The van der Waals surface area contributed by atoms with Gasteiger partial charge in [-0.05, 0) is 27.7 Å². The zero-order valence-corrected chi connectivity index (χ0v) is 9.81. The van der Waals surface area contributed by atoms with Gasteiger partial charge in [-0.25, -0.2) is 13.1 Å². The molecule has 0 saturated heterocycles. The third kappa shape index (κ3) is 5.18. The molecule has 0 aliphatic carbocycles. The van der Waals surface area contributed by atoms with E-state index in [1.165, 1.54) is 13.8 Å². The van der Waals surface area contributed by atoms with Crippen LogP contribution in [0.25, 0.3) is 0 Å². The molecule has 0 spiro atoms. The summed E-state index contributed by atoms with van der Waals surface area (Å²) in [5.41, 5.74) is 0. The predicted octanol–water partition coefficient (Wildman–Crippen LogP) is -0.161. The number of amides is 1. The highest BCUT2D eigenvalue weighted by Crippen LogP contribution is 1.90. The molecule has 0 rings (SSSR count). The third-order valence-corrected chi connectivity index (χ3v) is 3.03. The number of carbonyl (C=O) groups excluding carboxylic acids is 1. The molecule has 6 heteroatoms. The van der Waals surface area contributed by atoms with Gasteiger partial charge in [-0.1, -0.05) is 0 Å². The molecule has 0 fully saturated rings. The van der Waals surface area contributed by atoms with Crippen LogP contribution >= 0.6 is 0 Å². The average Bonchev–Trinajstić information content (AvgIpc) is 2.02. The standard InChI is InChI=1S/C8H18N2O3S/c1-5-14(12,13)10-7(4)8(11)9-6(2)3/h6-7,10H,5H2,1-4H3,(H,9,11). The van der Waals surface area contributed by atoms with E-state index in [1.54, 1.807) is 0 Å². The van der Waals surface area contributed by atoms with Gasteiger partial charge in [0.15, 0.2) is 0 Å². The second kappa shape index (κ2) is 5.31. The number of nitrogens with one attached hydrogen (secondary N) is 2. The fourth-order valence-corrected chi connectivity index (χ4v) is 1.63. The maximum Gasteiger partial charge on any atom is 0.238 e. The number of hydrogen-bond acceptors (Lipinski definition) is 3. The highest BCUT2D eigenvalue weighted by atomic mass is 32.2. The second-order valence-electron chi connectivity index (χ2n) is 3.41. The maximum atomic E-state index is 11.3. The summed E-state index contributed by atoms with van der Waals surface area (Å²) >= 11 is 0. The minimum atomic E-state index is -3.31. The molecule has 0 bridgehead atoms. The van der Waals surface area contributed by atoms with Crippen molar-refractivity contribution in [2.24, 2.45) is 0 Å². The number of hydrogen-bond donors (Lipinski definition) is 2. The van der Waals surface area contributed by atoms with Gasteiger partial charge in [0.25, 0.3) is 0 Å². The van der Waals surface area contributed by atoms with Crippen LogP contribution in [0.15, 0.2) is 0 Å². The molecule has 0 aromatic rings. The van der Waals surface area contributed by atoms with Gasteiger partial charge in [0.2, 0.25) is 15.9 Å². The van der Waals surface area contributed by atoms with Crippen LogP contribution in [-0.4, -0.2) is 32.2 Å². The SMILES string of the molecule is CCS(=O)(=O)NC(C)C(=O)NC(C)C. The Morgan fingerprint density at radius 2 is 1.79 bits per heavy atom. The summed E-state index contributed by atoms with van der Waals surface area (Å²) in [6.07, 6.45) is 0. The Morgan fingerprint density at radius 3 is 2.14 bits per heavy atom. The average molecular weight is 222 g/mol. The Hall–Kier alpha value is -0.620. The first-order valence-corrected chi connectivity index (χ1v) is 6.24. The summed E-state index contributed by atoms with van der Waals surface area (Å²) in [7, 11) is -3.31. The Kier molecular flexibility index (Phi) is 5.07. The van der Waals surface area contributed by atoms with Crippen LogP contribution in [0, 0.1) is 0 Å². The third-order valence-electron chi connectivity index (χ3n) is 1.56. The molecule has 5 nitrogen and oxygen atoms in total. The number of rotatable bonds is 5. The van der Waals surface area contributed by atoms with Crippen molar-refractivity contribution in [2.45, 2.75) is 39.8 Å². The topological polar surface area (TPSA) is 75.3 Å². The van der Waals surface area contributed by atoms with Crippen LogP contribution in [0.5, 0.6) is 0 Å². The van der Waals surface area contributed by atoms with E-state index < -0.39 is 16.1 Å². The molecule has 1 unspecified atom stereocenters. The van der Waals surface area contributed by atoms with Crippen molar-refractivity contribution in [3.63, 3.8) is 0 Å². The first kappa shape index (κ1) is 13.4. The van der Waals surface area contributed by atoms with Crippen LogP contribution in [0.2, 0.25) is 0 Å². The van der Waals surface area contributed by atoms with Gasteiger partial charge in [0, 0.05) is 6.04 Å². The Balaban J connectivity index is 4.22. The van der Waals surface area contributed by atoms with Gasteiger partial charge in [0.05, 0.1) is 11.8 Å². The van der Waals surface area contributed by atoms with E-state index in [1.807, 2.05) is 13.8 Å². The van der Waals surface area contributed by atoms with E-state index in [9.17, 15) is 13.2 Å². The molecular weight excluding hydrogens is 204 g/mol. The van der Waals surface area contributed by atoms with Crippen LogP contribution in [-0.2, 0) is 14.8 Å². The minimum Gasteiger partial charge on any atom is -0.353 e. The molecule has 1 amide bonds.